The first-order chi connectivity index (χ1) is 6.22. The van der Waals surface area contributed by atoms with Gasteiger partial charge >= 0.3 is 0 Å². The van der Waals surface area contributed by atoms with Gasteiger partial charge in [0.2, 0.25) is 6.43 Å². The van der Waals surface area contributed by atoms with Gasteiger partial charge in [-0.2, -0.15) is 0 Å². The number of nitrogens with two attached hydrogens (primary N) is 1. The lowest BCUT2D eigenvalue weighted by atomic mass is 10.1. The summed E-state index contributed by atoms with van der Waals surface area (Å²) in [5.41, 5.74) is 5.44. The number of likely N-dealkylation sites (tertiary alicyclic amines) is 1. The third-order valence-electron chi connectivity index (χ3n) is 2.61. The van der Waals surface area contributed by atoms with Crippen LogP contribution < -0.4 is 5.73 Å². The summed E-state index contributed by atoms with van der Waals surface area (Å²) in [6, 6.07) is 0. The van der Waals surface area contributed by atoms with Crippen molar-refractivity contribution in [3.63, 3.8) is 0 Å². The van der Waals surface area contributed by atoms with Crippen LogP contribution in [0.25, 0.3) is 0 Å². The van der Waals surface area contributed by atoms with Crippen molar-refractivity contribution in [3.8, 4) is 0 Å². The number of hydrogen-bond acceptors (Lipinski definition) is 2. The zero-order valence-electron chi connectivity index (χ0n) is 7.88. The molecule has 0 aromatic carbocycles. The molecule has 2 N–H and O–H groups in total. The highest BCUT2D eigenvalue weighted by molar-refractivity contribution is 4.75. The van der Waals surface area contributed by atoms with Gasteiger partial charge in [-0.25, -0.2) is 8.78 Å². The predicted molar refractivity (Wildman–Crippen MR) is 48.8 cm³/mol. The Morgan fingerprint density at radius 2 is 2.23 bits per heavy atom. The molecule has 1 aliphatic rings. The van der Waals surface area contributed by atoms with Crippen LogP contribution in [0.4, 0.5) is 8.78 Å². The standard InChI is InChI=1S/C9H18F2N2/c10-9(11)3-6-13-5-2-8(7-13)1-4-12/h8-9H,1-7,12H2. The molecule has 1 unspecified atom stereocenters. The second-order valence-corrected chi connectivity index (χ2v) is 3.71. The average molecular weight is 192 g/mol. The van der Waals surface area contributed by atoms with Crippen molar-refractivity contribution in [2.45, 2.75) is 25.7 Å². The molecule has 0 aromatic heterocycles. The van der Waals surface area contributed by atoms with Crippen molar-refractivity contribution < 1.29 is 8.78 Å². The van der Waals surface area contributed by atoms with E-state index in [1.54, 1.807) is 0 Å². The van der Waals surface area contributed by atoms with E-state index in [0.29, 0.717) is 19.0 Å². The van der Waals surface area contributed by atoms with Gasteiger partial charge in [-0.05, 0) is 31.8 Å². The number of halogens is 2. The van der Waals surface area contributed by atoms with E-state index in [2.05, 4.69) is 4.90 Å². The molecule has 1 saturated heterocycles. The predicted octanol–water partition coefficient (Wildman–Crippen LogP) is 1.31. The van der Waals surface area contributed by atoms with Crippen LogP contribution >= 0.6 is 0 Å². The minimum Gasteiger partial charge on any atom is -0.330 e. The Morgan fingerprint density at radius 3 is 2.85 bits per heavy atom. The molecule has 0 amide bonds. The van der Waals surface area contributed by atoms with Crippen LogP contribution in [0.5, 0.6) is 0 Å². The van der Waals surface area contributed by atoms with E-state index in [9.17, 15) is 8.78 Å². The van der Waals surface area contributed by atoms with E-state index in [1.165, 1.54) is 0 Å². The summed E-state index contributed by atoms with van der Waals surface area (Å²) in [5.74, 6) is 0.641. The smallest absolute Gasteiger partial charge is 0.239 e. The highest BCUT2D eigenvalue weighted by Gasteiger charge is 2.21. The number of alkyl halides is 2. The molecule has 13 heavy (non-hydrogen) atoms. The minimum atomic E-state index is -2.16. The van der Waals surface area contributed by atoms with E-state index >= 15 is 0 Å². The Kier molecular flexibility index (Phi) is 4.59. The van der Waals surface area contributed by atoms with Crippen LogP contribution in [-0.2, 0) is 0 Å². The molecule has 0 saturated carbocycles. The van der Waals surface area contributed by atoms with E-state index in [1.807, 2.05) is 0 Å². The van der Waals surface area contributed by atoms with Gasteiger partial charge in [-0.3, -0.25) is 0 Å². The molecule has 4 heteroatoms. The zero-order chi connectivity index (χ0) is 9.68. The Morgan fingerprint density at radius 1 is 1.46 bits per heavy atom. The van der Waals surface area contributed by atoms with Crippen LogP contribution in [0.15, 0.2) is 0 Å². The van der Waals surface area contributed by atoms with E-state index in [-0.39, 0.29) is 6.42 Å². The molecular weight excluding hydrogens is 174 g/mol. The minimum absolute atomic E-state index is 0.00927. The third-order valence-corrected chi connectivity index (χ3v) is 2.61. The normalized spacial score (nSPS) is 24.5. The monoisotopic (exact) mass is 192 g/mol. The largest absolute Gasteiger partial charge is 0.330 e. The summed E-state index contributed by atoms with van der Waals surface area (Å²) >= 11 is 0. The van der Waals surface area contributed by atoms with Crippen molar-refractivity contribution in [1.29, 1.82) is 0 Å². The topological polar surface area (TPSA) is 29.3 Å². The van der Waals surface area contributed by atoms with Gasteiger partial charge < -0.3 is 10.6 Å². The van der Waals surface area contributed by atoms with Crippen LogP contribution in [0.1, 0.15) is 19.3 Å². The summed E-state index contributed by atoms with van der Waals surface area (Å²) in [6.45, 7) is 3.19. The van der Waals surface area contributed by atoms with Crippen molar-refractivity contribution >= 4 is 0 Å². The molecule has 0 aromatic rings. The first kappa shape index (κ1) is 10.9. The lowest BCUT2D eigenvalue weighted by Gasteiger charge is -2.15. The van der Waals surface area contributed by atoms with Crippen molar-refractivity contribution in [2.24, 2.45) is 11.7 Å². The molecular formula is C9H18F2N2. The molecule has 0 radical (unpaired) electrons. The molecule has 0 bridgehead atoms. The van der Waals surface area contributed by atoms with Gasteiger partial charge in [0.1, 0.15) is 0 Å². The van der Waals surface area contributed by atoms with Gasteiger partial charge in [-0.15, -0.1) is 0 Å². The van der Waals surface area contributed by atoms with Crippen molar-refractivity contribution in [2.75, 3.05) is 26.2 Å². The highest BCUT2D eigenvalue weighted by atomic mass is 19.3. The second-order valence-electron chi connectivity index (χ2n) is 3.71. The number of rotatable bonds is 5. The summed E-state index contributed by atoms with van der Waals surface area (Å²) in [7, 11) is 0. The van der Waals surface area contributed by atoms with Crippen LogP contribution in [0.2, 0.25) is 0 Å². The lowest BCUT2D eigenvalue weighted by Crippen LogP contribution is -2.23. The molecule has 1 rings (SSSR count). The third kappa shape index (κ3) is 4.00. The Labute approximate surface area is 78.1 Å². The second kappa shape index (κ2) is 5.50. The maximum absolute atomic E-state index is 11.9. The van der Waals surface area contributed by atoms with Gasteiger partial charge in [0.05, 0.1) is 0 Å². The molecule has 2 nitrogen and oxygen atoms in total. The lowest BCUT2D eigenvalue weighted by molar-refractivity contribution is 0.120. The van der Waals surface area contributed by atoms with Crippen LogP contribution in [0.3, 0.4) is 0 Å². The fraction of sp³-hybridized carbons (Fsp3) is 1.00. The van der Waals surface area contributed by atoms with Crippen molar-refractivity contribution in [3.05, 3.63) is 0 Å². The van der Waals surface area contributed by atoms with Gasteiger partial charge in [0.15, 0.2) is 0 Å². The first-order valence-electron chi connectivity index (χ1n) is 4.93. The maximum Gasteiger partial charge on any atom is 0.239 e. The van der Waals surface area contributed by atoms with Gasteiger partial charge in [0.25, 0.3) is 0 Å². The molecule has 1 atom stereocenters. The van der Waals surface area contributed by atoms with E-state index < -0.39 is 6.43 Å². The van der Waals surface area contributed by atoms with Gasteiger partial charge in [0, 0.05) is 19.5 Å². The summed E-state index contributed by atoms with van der Waals surface area (Å²) < 4.78 is 23.8. The van der Waals surface area contributed by atoms with Crippen LogP contribution in [-0.4, -0.2) is 37.5 Å². The molecule has 1 aliphatic heterocycles. The van der Waals surface area contributed by atoms with E-state index in [4.69, 9.17) is 5.73 Å². The molecule has 78 valence electrons. The van der Waals surface area contributed by atoms with E-state index in [0.717, 1.165) is 25.9 Å². The summed E-state index contributed by atoms with van der Waals surface area (Å²) in [5, 5.41) is 0. The molecule has 1 heterocycles. The molecule has 0 spiro atoms. The number of nitrogens with zero attached hydrogens (tertiary/aromatic N) is 1. The molecule has 0 aliphatic carbocycles. The SMILES string of the molecule is NCCC1CCN(CCC(F)F)C1. The molecule has 1 fully saturated rings. The maximum atomic E-state index is 11.9. The van der Waals surface area contributed by atoms with Gasteiger partial charge in [-0.1, -0.05) is 0 Å². The van der Waals surface area contributed by atoms with Crippen molar-refractivity contribution in [1.82, 2.24) is 4.90 Å². The average Bonchev–Trinajstić information content (AvgIpc) is 2.50. The first-order valence-corrected chi connectivity index (χ1v) is 4.93. The fourth-order valence-corrected chi connectivity index (χ4v) is 1.87. The quantitative estimate of drug-likeness (QED) is 0.711. The Balaban J connectivity index is 2.10. The summed E-state index contributed by atoms with van der Waals surface area (Å²) in [4.78, 5) is 2.12. The Bertz CT molecular complexity index is 142. The fourth-order valence-electron chi connectivity index (χ4n) is 1.87. The zero-order valence-corrected chi connectivity index (χ0v) is 7.88. The number of hydrogen-bond donors (Lipinski definition) is 1. The van der Waals surface area contributed by atoms with Crippen LogP contribution in [0, 0.1) is 5.92 Å². The summed E-state index contributed by atoms with van der Waals surface area (Å²) in [6.07, 6.45) is 0.00888. The Hall–Kier alpha value is -0.220. The highest BCUT2D eigenvalue weighted by Crippen LogP contribution is 2.19.